The molecule has 2 amide bonds. The van der Waals surface area contributed by atoms with Crippen LogP contribution in [0.1, 0.15) is 53.2 Å². The summed E-state index contributed by atoms with van der Waals surface area (Å²) in [6.45, 7) is 3.68. The first-order chi connectivity index (χ1) is 16.0. The largest absolute Gasteiger partial charge is 0.381 e. The van der Waals surface area contributed by atoms with Gasteiger partial charge in [-0.2, -0.15) is 0 Å². The van der Waals surface area contributed by atoms with Crippen LogP contribution in [0.3, 0.4) is 0 Å². The molecular weight excluding hydrogens is 418 g/mol. The van der Waals surface area contributed by atoms with E-state index >= 15 is 0 Å². The van der Waals surface area contributed by atoms with Gasteiger partial charge in [-0.1, -0.05) is 24.3 Å². The number of ether oxygens (including phenoxy) is 1. The topological polar surface area (TPSA) is 71.8 Å². The van der Waals surface area contributed by atoms with Gasteiger partial charge in [-0.05, 0) is 42.9 Å². The molecule has 0 saturated carbocycles. The Kier molecular flexibility index (Phi) is 4.91. The molecule has 7 heteroatoms. The van der Waals surface area contributed by atoms with Gasteiger partial charge < -0.3 is 19.1 Å². The first kappa shape index (κ1) is 20.7. The Morgan fingerprint density at radius 3 is 2.64 bits per heavy atom. The monoisotopic (exact) mass is 447 g/mol. The zero-order valence-electron chi connectivity index (χ0n) is 18.7. The molecule has 172 valence electrons. The van der Waals surface area contributed by atoms with E-state index in [1.54, 1.807) is 6.07 Å². The number of hydrogen-bond donors (Lipinski definition) is 0. The Hall–Kier alpha value is -2.93. The van der Waals surface area contributed by atoms with Gasteiger partial charge in [0.05, 0.1) is 12.0 Å². The van der Waals surface area contributed by atoms with E-state index in [0.29, 0.717) is 64.6 Å². The van der Waals surface area contributed by atoms with E-state index in [2.05, 4.69) is 0 Å². The highest BCUT2D eigenvalue weighted by Crippen LogP contribution is 2.40. The van der Waals surface area contributed by atoms with Crippen molar-refractivity contribution >= 4 is 11.8 Å². The number of nitrogens with zero attached hydrogens (tertiary/aromatic N) is 3. The van der Waals surface area contributed by atoms with Crippen LogP contribution < -0.4 is 5.56 Å². The zero-order chi connectivity index (χ0) is 22.6. The van der Waals surface area contributed by atoms with Crippen LogP contribution >= 0.6 is 0 Å². The maximum Gasteiger partial charge on any atom is 0.254 e. The lowest BCUT2D eigenvalue weighted by Crippen LogP contribution is -2.56. The smallest absolute Gasteiger partial charge is 0.254 e. The predicted octanol–water partition coefficient (Wildman–Crippen LogP) is 2.39. The maximum atomic E-state index is 13.7. The lowest BCUT2D eigenvalue weighted by molar-refractivity contribution is -0.138. The van der Waals surface area contributed by atoms with Crippen molar-refractivity contribution in [3.05, 3.63) is 69.6 Å². The minimum atomic E-state index is -0.507. The number of amides is 2. The number of carbonyl (C=O) groups is 2. The second-order valence-corrected chi connectivity index (χ2v) is 10.1. The predicted molar refractivity (Wildman–Crippen MR) is 122 cm³/mol. The summed E-state index contributed by atoms with van der Waals surface area (Å²) in [7, 11) is 0. The van der Waals surface area contributed by atoms with Crippen molar-refractivity contribution in [3.8, 4) is 0 Å². The normalized spacial score (nSPS) is 25.5. The van der Waals surface area contributed by atoms with Gasteiger partial charge in [-0.3, -0.25) is 14.4 Å². The SMILES string of the molecule is O=C(CC1(N2Cc3ccccc3C2=O)CCOCC1)N1C[C@H]2C[C@@H](C1)c1cccc(=O)n1C2. The van der Waals surface area contributed by atoms with E-state index in [-0.39, 0.29) is 23.3 Å². The van der Waals surface area contributed by atoms with Crippen molar-refractivity contribution < 1.29 is 14.3 Å². The summed E-state index contributed by atoms with van der Waals surface area (Å²) >= 11 is 0. The van der Waals surface area contributed by atoms with Gasteiger partial charge in [0.15, 0.2) is 0 Å². The standard InChI is InChI=1S/C26H29N3O4/c30-23-7-3-6-22-20-12-18(15-28(22)23)14-27(16-20)24(31)13-26(8-10-33-11-9-26)29-17-19-4-1-2-5-21(19)25(29)32/h1-7,18,20H,8-17H2/t18-,20+/m1/s1. The van der Waals surface area contributed by atoms with Crippen molar-refractivity contribution in [2.75, 3.05) is 26.3 Å². The minimum Gasteiger partial charge on any atom is -0.381 e. The van der Waals surface area contributed by atoms with Crippen LogP contribution in [0, 0.1) is 5.92 Å². The number of fused-ring (bicyclic) bond motifs is 5. The molecule has 1 aromatic heterocycles. The molecule has 2 saturated heterocycles. The number of rotatable bonds is 3. The number of hydrogen-bond acceptors (Lipinski definition) is 4. The fourth-order valence-corrected chi connectivity index (χ4v) is 6.42. The van der Waals surface area contributed by atoms with Crippen molar-refractivity contribution in [1.82, 2.24) is 14.4 Å². The van der Waals surface area contributed by atoms with Gasteiger partial charge in [0.25, 0.3) is 11.5 Å². The van der Waals surface area contributed by atoms with Gasteiger partial charge in [-0.15, -0.1) is 0 Å². The Bertz CT molecular complexity index is 1170. The third kappa shape index (κ3) is 3.41. The fourth-order valence-electron chi connectivity index (χ4n) is 6.42. The number of pyridine rings is 1. The first-order valence-electron chi connectivity index (χ1n) is 12.0. The summed E-state index contributed by atoms with van der Waals surface area (Å²) < 4.78 is 7.53. The highest BCUT2D eigenvalue weighted by atomic mass is 16.5. The second-order valence-electron chi connectivity index (χ2n) is 10.1. The molecule has 7 nitrogen and oxygen atoms in total. The van der Waals surface area contributed by atoms with Crippen LogP contribution in [-0.2, 0) is 22.6 Å². The average Bonchev–Trinajstić information content (AvgIpc) is 3.18. The average molecular weight is 448 g/mol. The Morgan fingerprint density at radius 1 is 1.00 bits per heavy atom. The van der Waals surface area contributed by atoms with E-state index in [4.69, 9.17) is 4.74 Å². The minimum absolute atomic E-state index is 0.0316. The van der Waals surface area contributed by atoms with E-state index in [9.17, 15) is 14.4 Å². The van der Waals surface area contributed by atoms with E-state index in [1.807, 2.05) is 50.8 Å². The van der Waals surface area contributed by atoms with Gasteiger partial charge in [0.1, 0.15) is 0 Å². The molecule has 2 bridgehead atoms. The molecule has 33 heavy (non-hydrogen) atoms. The summed E-state index contributed by atoms with van der Waals surface area (Å²) in [5.41, 5.74) is 2.38. The molecule has 4 aliphatic heterocycles. The summed E-state index contributed by atoms with van der Waals surface area (Å²) in [5.74, 6) is 0.633. The number of likely N-dealkylation sites (tertiary alicyclic amines) is 1. The summed E-state index contributed by atoms with van der Waals surface area (Å²) in [6, 6.07) is 13.2. The molecule has 2 atom stereocenters. The molecule has 0 aliphatic carbocycles. The molecule has 5 heterocycles. The summed E-state index contributed by atoms with van der Waals surface area (Å²) in [6.07, 6.45) is 2.71. The fraction of sp³-hybridized carbons (Fsp3) is 0.500. The van der Waals surface area contributed by atoms with Gasteiger partial charge >= 0.3 is 0 Å². The number of carbonyl (C=O) groups excluding carboxylic acids is 2. The molecule has 0 N–H and O–H groups in total. The quantitative estimate of drug-likeness (QED) is 0.724. The molecule has 0 radical (unpaired) electrons. The van der Waals surface area contributed by atoms with Crippen LogP contribution in [0.4, 0.5) is 0 Å². The van der Waals surface area contributed by atoms with E-state index in [1.165, 1.54) is 0 Å². The van der Waals surface area contributed by atoms with Crippen LogP contribution in [0.25, 0.3) is 0 Å². The summed E-state index contributed by atoms with van der Waals surface area (Å²) in [5, 5.41) is 0. The third-order valence-electron chi connectivity index (χ3n) is 8.13. The van der Waals surface area contributed by atoms with Crippen molar-refractivity contribution in [3.63, 3.8) is 0 Å². The number of piperidine rings is 1. The van der Waals surface area contributed by atoms with Gasteiger partial charge in [0.2, 0.25) is 5.91 Å². The first-order valence-corrected chi connectivity index (χ1v) is 12.0. The van der Waals surface area contributed by atoms with E-state index < -0.39 is 5.54 Å². The molecule has 2 fully saturated rings. The van der Waals surface area contributed by atoms with Crippen LogP contribution in [0.5, 0.6) is 0 Å². The van der Waals surface area contributed by atoms with Crippen LogP contribution in [-0.4, -0.2) is 58.0 Å². The Morgan fingerprint density at radius 2 is 1.82 bits per heavy atom. The van der Waals surface area contributed by atoms with E-state index in [0.717, 1.165) is 23.2 Å². The Balaban J connectivity index is 1.25. The molecular formula is C26H29N3O4. The lowest BCUT2D eigenvalue weighted by Gasteiger charge is -2.47. The molecule has 0 spiro atoms. The van der Waals surface area contributed by atoms with Gasteiger partial charge in [0, 0.05) is 62.6 Å². The van der Waals surface area contributed by atoms with Gasteiger partial charge in [-0.25, -0.2) is 0 Å². The number of benzene rings is 1. The molecule has 0 unspecified atom stereocenters. The maximum absolute atomic E-state index is 13.7. The second kappa shape index (κ2) is 7.83. The van der Waals surface area contributed by atoms with Crippen molar-refractivity contribution in [2.24, 2.45) is 5.92 Å². The molecule has 2 aromatic rings. The highest BCUT2D eigenvalue weighted by molar-refractivity contribution is 5.99. The Labute approximate surface area is 192 Å². The zero-order valence-corrected chi connectivity index (χ0v) is 18.7. The highest BCUT2D eigenvalue weighted by Gasteiger charge is 2.47. The molecule has 1 aromatic carbocycles. The number of aromatic nitrogens is 1. The lowest BCUT2D eigenvalue weighted by atomic mass is 9.81. The third-order valence-corrected chi connectivity index (χ3v) is 8.13. The summed E-state index contributed by atoms with van der Waals surface area (Å²) in [4.78, 5) is 43.3. The molecule has 6 rings (SSSR count). The van der Waals surface area contributed by atoms with Crippen molar-refractivity contribution in [1.29, 1.82) is 0 Å². The van der Waals surface area contributed by atoms with Crippen LogP contribution in [0.2, 0.25) is 0 Å². The molecule has 4 aliphatic rings. The van der Waals surface area contributed by atoms with Crippen LogP contribution in [0.15, 0.2) is 47.3 Å². The van der Waals surface area contributed by atoms with Crippen molar-refractivity contribution in [2.45, 2.75) is 50.2 Å².